The van der Waals surface area contributed by atoms with E-state index < -0.39 is 10.5 Å². The molecule has 0 heterocycles. The molecule has 0 fully saturated rings. The molecule has 0 aromatic heterocycles. The smallest absolute Gasteiger partial charge is 0.269 e. The van der Waals surface area contributed by atoms with Crippen LogP contribution in [0.4, 0.5) is 5.69 Å². The normalized spacial score (nSPS) is 10.6. The average molecular weight is 474 g/mol. The van der Waals surface area contributed by atoms with Crippen molar-refractivity contribution in [2.75, 3.05) is 21.3 Å². The van der Waals surface area contributed by atoms with Crippen molar-refractivity contribution in [3.05, 3.63) is 130 Å². The third kappa shape index (κ3) is 5.77. The number of benzene rings is 4. The number of non-ortho nitro benzene ring substituents is 1. The highest BCUT2D eigenvalue weighted by molar-refractivity contribution is 5.49. The van der Waals surface area contributed by atoms with Crippen LogP contribution in [0.1, 0.15) is 16.7 Å². The van der Waals surface area contributed by atoms with E-state index in [1.54, 1.807) is 21.3 Å². The molecule has 0 spiro atoms. The van der Waals surface area contributed by atoms with Crippen molar-refractivity contribution in [3.63, 3.8) is 0 Å². The minimum Gasteiger partial charge on any atom is -0.508 e. The van der Waals surface area contributed by atoms with E-state index in [1.165, 1.54) is 24.3 Å². The zero-order chi connectivity index (χ0) is 25.3. The van der Waals surface area contributed by atoms with Crippen molar-refractivity contribution in [1.29, 1.82) is 0 Å². The summed E-state index contributed by atoms with van der Waals surface area (Å²) in [6.07, 6.45) is 0. The van der Waals surface area contributed by atoms with E-state index in [-0.39, 0.29) is 11.4 Å². The van der Waals surface area contributed by atoms with Gasteiger partial charge in [0.2, 0.25) is 0 Å². The Morgan fingerprint density at radius 1 is 0.657 bits per heavy atom. The van der Waals surface area contributed by atoms with Gasteiger partial charge in [0.25, 0.3) is 5.69 Å². The van der Waals surface area contributed by atoms with Gasteiger partial charge in [-0.2, -0.15) is 0 Å². The Kier molecular flexibility index (Phi) is 8.43. The number of nitro groups is 1. The summed E-state index contributed by atoms with van der Waals surface area (Å²) >= 11 is 0. The molecule has 4 aromatic rings. The summed E-state index contributed by atoms with van der Waals surface area (Å²) in [6, 6.07) is 31.2. The predicted molar refractivity (Wildman–Crippen MR) is 134 cm³/mol. The third-order valence-corrected chi connectivity index (χ3v) is 5.54. The monoisotopic (exact) mass is 473 g/mol. The van der Waals surface area contributed by atoms with Gasteiger partial charge in [0.1, 0.15) is 22.8 Å². The van der Waals surface area contributed by atoms with Crippen LogP contribution in [0.2, 0.25) is 0 Å². The molecule has 0 aliphatic rings. The van der Waals surface area contributed by atoms with Gasteiger partial charge in [0.05, 0.1) is 19.1 Å². The molecule has 0 bridgehead atoms. The largest absolute Gasteiger partial charge is 0.508 e. The number of nitrogens with zero attached hydrogens (tertiary/aromatic N) is 1. The molecule has 7 nitrogen and oxygen atoms in total. The second-order valence-electron chi connectivity index (χ2n) is 7.48. The molecule has 0 saturated carbocycles. The van der Waals surface area contributed by atoms with Gasteiger partial charge in [0, 0.05) is 19.2 Å². The van der Waals surface area contributed by atoms with Crippen LogP contribution < -0.4 is 9.47 Å². The van der Waals surface area contributed by atoms with Gasteiger partial charge in [-0.05, 0) is 53.1 Å². The Hall–Kier alpha value is -4.36. The molecule has 0 radical (unpaired) electrons. The van der Waals surface area contributed by atoms with E-state index in [1.807, 2.05) is 66.7 Å². The maximum absolute atomic E-state index is 10.0. The zero-order valence-corrected chi connectivity index (χ0v) is 19.8. The number of ether oxygens (including phenoxy) is 3. The molecule has 0 aliphatic heterocycles. The number of nitro benzene ring substituents is 1. The van der Waals surface area contributed by atoms with Gasteiger partial charge in [-0.3, -0.25) is 10.1 Å². The molecule has 0 aliphatic carbocycles. The first kappa shape index (κ1) is 25.3. The lowest BCUT2D eigenvalue weighted by Crippen LogP contribution is -2.31. The van der Waals surface area contributed by atoms with E-state index in [0.29, 0.717) is 0 Å². The second kappa shape index (κ2) is 11.7. The van der Waals surface area contributed by atoms with Gasteiger partial charge in [-0.15, -0.1) is 0 Å². The summed E-state index contributed by atoms with van der Waals surface area (Å²) in [6.45, 7) is 0. The van der Waals surface area contributed by atoms with Crippen LogP contribution in [0.15, 0.2) is 103 Å². The quantitative estimate of drug-likeness (QED) is 0.203. The van der Waals surface area contributed by atoms with Crippen molar-refractivity contribution >= 4 is 5.69 Å². The first-order valence-corrected chi connectivity index (χ1v) is 10.8. The Morgan fingerprint density at radius 2 is 1.09 bits per heavy atom. The van der Waals surface area contributed by atoms with Crippen LogP contribution in [-0.4, -0.2) is 31.4 Å². The molecule has 1 N–H and O–H groups in total. The first-order valence-electron chi connectivity index (χ1n) is 10.8. The molecule has 0 atom stereocenters. The van der Waals surface area contributed by atoms with Crippen molar-refractivity contribution < 1.29 is 24.2 Å². The molecule has 180 valence electrons. The van der Waals surface area contributed by atoms with Gasteiger partial charge in [-0.1, -0.05) is 54.6 Å². The lowest BCUT2D eigenvalue weighted by molar-refractivity contribution is -0.384. The SMILES string of the molecule is COc1ccc(C(OC)(c2ccccc2)c2ccc(OC)cc2)cc1.O=[N+]([O-])c1ccc(O)cc1. The van der Waals surface area contributed by atoms with Gasteiger partial charge in [0.15, 0.2) is 0 Å². The molecule has 35 heavy (non-hydrogen) atoms. The highest BCUT2D eigenvalue weighted by atomic mass is 16.6. The summed E-state index contributed by atoms with van der Waals surface area (Å²) in [5.74, 6) is 1.67. The fourth-order valence-electron chi connectivity index (χ4n) is 3.75. The number of methoxy groups -OCH3 is 3. The summed E-state index contributed by atoms with van der Waals surface area (Å²) in [7, 11) is 5.07. The van der Waals surface area contributed by atoms with E-state index in [2.05, 4.69) is 12.1 Å². The molecule has 0 unspecified atom stereocenters. The second-order valence-corrected chi connectivity index (χ2v) is 7.48. The fourth-order valence-corrected chi connectivity index (χ4v) is 3.75. The van der Waals surface area contributed by atoms with Gasteiger partial charge < -0.3 is 19.3 Å². The van der Waals surface area contributed by atoms with Gasteiger partial charge in [-0.25, -0.2) is 0 Å². The Morgan fingerprint density at radius 3 is 1.46 bits per heavy atom. The number of phenolic OH excluding ortho intramolecular Hbond substituents is 1. The number of aromatic hydroxyl groups is 1. The predicted octanol–water partition coefficient (Wildman–Crippen LogP) is 5.94. The minimum atomic E-state index is -0.709. The highest BCUT2D eigenvalue weighted by Gasteiger charge is 2.36. The minimum absolute atomic E-state index is 0.0159. The average Bonchev–Trinajstić information content (AvgIpc) is 2.91. The standard InChI is InChI=1S/C22H22O3.C6H5NO3/c1-23-20-13-9-18(10-14-20)22(25-3,17-7-5-4-6-8-17)19-11-15-21(24-2)16-12-19;8-6-3-1-5(2-4-6)7(9)10/h4-16H,1-3H3;1-4,8H. The Labute approximate surface area is 204 Å². The molecule has 0 amide bonds. The molecule has 0 saturated heterocycles. The maximum Gasteiger partial charge on any atom is 0.269 e. The van der Waals surface area contributed by atoms with Crippen molar-refractivity contribution in [2.24, 2.45) is 0 Å². The molecular formula is C28H27NO6. The molecular weight excluding hydrogens is 446 g/mol. The summed E-state index contributed by atoms with van der Waals surface area (Å²) in [5.41, 5.74) is 2.41. The lowest BCUT2D eigenvalue weighted by Gasteiger charge is -2.34. The molecule has 4 rings (SSSR count). The first-order chi connectivity index (χ1) is 16.9. The number of hydrogen-bond donors (Lipinski definition) is 1. The molecule has 4 aromatic carbocycles. The van der Waals surface area contributed by atoms with E-state index in [4.69, 9.17) is 19.3 Å². The fraction of sp³-hybridized carbons (Fsp3) is 0.143. The summed E-state index contributed by atoms with van der Waals surface area (Å²) in [5, 5.41) is 18.8. The van der Waals surface area contributed by atoms with Crippen LogP contribution in [0.25, 0.3) is 0 Å². The topological polar surface area (TPSA) is 91.1 Å². The van der Waals surface area contributed by atoms with Crippen LogP contribution >= 0.6 is 0 Å². The van der Waals surface area contributed by atoms with E-state index in [9.17, 15) is 10.1 Å². The zero-order valence-electron chi connectivity index (χ0n) is 19.8. The summed E-state index contributed by atoms with van der Waals surface area (Å²) in [4.78, 5) is 9.52. The van der Waals surface area contributed by atoms with Crippen LogP contribution in [-0.2, 0) is 10.3 Å². The van der Waals surface area contributed by atoms with Crippen LogP contribution in [0.5, 0.6) is 17.2 Å². The van der Waals surface area contributed by atoms with Crippen LogP contribution in [0, 0.1) is 10.1 Å². The number of hydrogen-bond acceptors (Lipinski definition) is 6. The highest BCUT2D eigenvalue weighted by Crippen LogP contribution is 2.40. The third-order valence-electron chi connectivity index (χ3n) is 5.54. The van der Waals surface area contributed by atoms with Crippen LogP contribution in [0.3, 0.4) is 0 Å². The van der Waals surface area contributed by atoms with E-state index in [0.717, 1.165) is 28.2 Å². The Bertz CT molecular complexity index is 1160. The number of rotatable bonds is 7. The lowest BCUT2D eigenvalue weighted by atomic mass is 9.80. The van der Waals surface area contributed by atoms with Gasteiger partial charge >= 0.3 is 0 Å². The van der Waals surface area contributed by atoms with Crippen molar-refractivity contribution in [2.45, 2.75) is 5.60 Å². The van der Waals surface area contributed by atoms with Crippen molar-refractivity contribution in [1.82, 2.24) is 0 Å². The molecule has 7 heteroatoms. The van der Waals surface area contributed by atoms with Crippen molar-refractivity contribution in [3.8, 4) is 17.2 Å². The Balaban J connectivity index is 0.000000287. The van der Waals surface area contributed by atoms with E-state index >= 15 is 0 Å². The number of phenols is 1. The maximum atomic E-state index is 10.0. The summed E-state index contributed by atoms with van der Waals surface area (Å²) < 4.78 is 16.8.